The summed E-state index contributed by atoms with van der Waals surface area (Å²) in [7, 11) is 0. The quantitative estimate of drug-likeness (QED) is 0.826. The summed E-state index contributed by atoms with van der Waals surface area (Å²) in [5.41, 5.74) is 0. The molecule has 0 radical (unpaired) electrons. The van der Waals surface area contributed by atoms with Crippen LogP contribution in [0.3, 0.4) is 0 Å². The van der Waals surface area contributed by atoms with Gasteiger partial charge in [0.05, 0.1) is 19.8 Å². The maximum atomic E-state index is 12.3. The van der Waals surface area contributed by atoms with Gasteiger partial charge in [-0.2, -0.15) is 0 Å². The highest BCUT2D eigenvalue weighted by Gasteiger charge is 2.21. The first-order valence-electron chi connectivity index (χ1n) is 5.95. The van der Waals surface area contributed by atoms with Crippen molar-refractivity contribution in [1.82, 2.24) is 9.80 Å². The molecule has 4 nitrogen and oxygen atoms in total. The van der Waals surface area contributed by atoms with Gasteiger partial charge >= 0.3 is 6.03 Å². The van der Waals surface area contributed by atoms with E-state index in [0.29, 0.717) is 32.8 Å². The number of hydrogen-bond donors (Lipinski definition) is 0. The zero-order valence-electron chi connectivity index (χ0n) is 10.1. The number of thiophene rings is 1. The van der Waals surface area contributed by atoms with Crippen molar-refractivity contribution in [2.24, 2.45) is 0 Å². The molecule has 1 fully saturated rings. The number of rotatable bonds is 3. The van der Waals surface area contributed by atoms with Crippen molar-refractivity contribution in [3.8, 4) is 0 Å². The van der Waals surface area contributed by atoms with E-state index in [2.05, 4.69) is 6.07 Å². The third-order valence-electron chi connectivity index (χ3n) is 2.86. The molecule has 0 aliphatic carbocycles. The Labute approximate surface area is 106 Å². The molecule has 1 saturated heterocycles. The molecule has 5 heteroatoms. The summed E-state index contributed by atoms with van der Waals surface area (Å²) in [6, 6.07) is 4.22. The van der Waals surface area contributed by atoms with Crippen LogP contribution in [-0.4, -0.2) is 48.7 Å². The minimum absolute atomic E-state index is 0.129. The monoisotopic (exact) mass is 254 g/mol. The molecule has 94 valence electrons. The molecule has 17 heavy (non-hydrogen) atoms. The maximum absolute atomic E-state index is 12.3. The summed E-state index contributed by atoms with van der Waals surface area (Å²) in [6.45, 7) is 6.20. The van der Waals surface area contributed by atoms with Crippen molar-refractivity contribution < 1.29 is 9.53 Å². The number of ether oxygens (including phenoxy) is 1. The van der Waals surface area contributed by atoms with Crippen LogP contribution in [0.1, 0.15) is 11.8 Å². The van der Waals surface area contributed by atoms with E-state index in [1.165, 1.54) is 4.88 Å². The lowest BCUT2D eigenvalue weighted by Gasteiger charge is -2.32. The van der Waals surface area contributed by atoms with Gasteiger partial charge in [-0.3, -0.25) is 0 Å². The van der Waals surface area contributed by atoms with E-state index in [1.54, 1.807) is 11.3 Å². The lowest BCUT2D eigenvalue weighted by atomic mass is 10.4. The smallest absolute Gasteiger partial charge is 0.320 e. The topological polar surface area (TPSA) is 32.8 Å². The Bertz CT molecular complexity index is 347. The van der Waals surface area contributed by atoms with Crippen LogP contribution in [0.5, 0.6) is 0 Å². The van der Waals surface area contributed by atoms with E-state index in [9.17, 15) is 4.79 Å². The Morgan fingerprint density at radius 3 is 2.88 bits per heavy atom. The number of carbonyl (C=O) groups excluding carboxylic acids is 1. The minimum atomic E-state index is 0.129. The molecular formula is C12H18N2O2S. The van der Waals surface area contributed by atoms with E-state index in [0.717, 1.165) is 6.54 Å². The Kier molecular flexibility index (Phi) is 4.39. The van der Waals surface area contributed by atoms with Gasteiger partial charge in [0.1, 0.15) is 0 Å². The molecule has 0 bridgehead atoms. The molecule has 2 amide bonds. The normalized spacial score (nSPS) is 15.9. The highest BCUT2D eigenvalue weighted by molar-refractivity contribution is 7.09. The van der Waals surface area contributed by atoms with Crippen LogP contribution >= 0.6 is 11.3 Å². The number of carbonyl (C=O) groups is 1. The predicted octanol–water partition coefficient (Wildman–Crippen LogP) is 2.02. The number of nitrogens with zero attached hydrogens (tertiary/aromatic N) is 2. The maximum Gasteiger partial charge on any atom is 0.320 e. The van der Waals surface area contributed by atoms with Crippen molar-refractivity contribution in [1.29, 1.82) is 0 Å². The molecule has 0 spiro atoms. The second-order valence-corrected chi connectivity index (χ2v) is 5.01. The first-order chi connectivity index (χ1) is 8.31. The Hall–Kier alpha value is -1.07. The molecule has 0 aromatic carbocycles. The summed E-state index contributed by atoms with van der Waals surface area (Å²) < 4.78 is 5.26. The average molecular weight is 254 g/mol. The van der Waals surface area contributed by atoms with Crippen molar-refractivity contribution in [3.05, 3.63) is 22.4 Å². The van der Waals surface area contributed by atoms with Gasteiger partial charge in [-0.25, -0.2) is 4.79 Å². The number of hydrogen-bond acceptors (Lipinski definition) is 3. The van der Waals surface area contributed by atoms with Crippen LogP contribution in [0.25, 0.3) is 0 Å². The molecule has 0 N–H and O–H groups in total. The van der Waals surface area contributed by atoms with Crippen LogP contribution in [-0.2, 0) is 11.3 Å². The molecule has 1 aromatic rings. The Balaban J connectivity index is 1.94. The third kappa shape index (κ3) is 3.20. The summed E-state index contributed by atoms with van der Waals surface area (Å²) >= 11 is 1.69. The SMILES string of the molecule is CCN(Cc1cccs1)C(=O)N1CCOCC1. The highest BCUT2D eigenvalue weighted by atomic mass is 32.1. The Morgan fingerprint density at radius 1 is 1.53 bits per heavy atom. The molecular weight excluding hydrogens is 236 g/mol. The summed E-state index contributed by atoms with van der Waals surface area (Å²) in [5, 5.41) is 2.04. The molecule has 1 aromatic heterocycles. The van der Waals surface area contributed by atoms with Crippen molar-refractivity contribution >= 4 is 17.4 Å². The van der Waals surface area contributed by atoms with E-state index >= 15 is 0 Å². The van der Waals surface area contributed by atoms with E-state index in [1.807, 2.05) is 28.2 Å². The van der Waals surface area contributed by atoms with Crippen LogP contribution in [0, 0.1) is 0 Å². The van der Waals surface area contributed by atoms with Gasteiger partial charge in [0.15, 0.2) is 0 Å². The van der Waals surface area contributed by atoms with Gasteiger partial charge < -0.3 is 14.5 Å². The van der Waals surface area contributed by atoms with Crippen molar-refractivity contribution in [2.45, 2.75) is 13.5 Å². The second kappa shape index (κ2) is 6.02. The molecule has 0 unspecified atom stereocenters. The Morgan fingerprint density at radius 2 is 2.29 bits per heavy atom. The van der Waals surface area contributed by atoms with Crippen molar-refractivity contribution in [2.75, 3.05) is 32.8 Å². The fourth-order valence-corrected chi connectivity index (χ4v) is 2.58. The van der Waals surface area contributed by atoms with Gasteiger partial charge in [0.2, 0.25) is 0 Å². The van der Waals surface area contributed by atoms with Crippen LogP contribution in [0.2, 0.25) is 0 Å². The summed E-state index contributed by atoms with van der Waals surface area (Å²) in [6.07, 6.45) is 0. The summed E-state index contributed by atoms with van der Waals surface area (Å²) in [4.78, 5) is 17.2. The van der Waals surface area contributed by atoms with Gasteiger partial charge in [0, 0.05) is 24.5 Å². The first kappa shape index (κ1) is 12.4. The van der Waals surface area contributed by atoms with Gasteiger partial charge in [-0.1, -0.05) is 6.07 Å². The van der Waals surface area contributed by atoms with Gasteiger partial charge in [-0.15, -0.1) is 11.3 Å². The molecule has 2 heterocycles. The fraction of sp³-hybridized carbons (Fsp3) is 0.583. The largest absolute Gasteiger partial charge is 0.378 e. The minimum Gasteiger partial charge on any atom is -0.378 e. The van der Waals surface area contributed by atoms with Crippen molar-refractivity contribution in [3.63, 3.8) is 0 Å². The zero-order valence-corrected chi connectivity index (χ0v) is 10.9. The fourth-order valence-electron chi connectivity index (χ4n) is 1.86. The summed E-state index contributed by atoms with van der Waals surface area (Å²) in [5.74, 6) is 0. The molecule has 0 atom stereocenters. The third-order valence-corrected chi connectivity index (χ3v) is 3.72. The number of urea groups is 1. The van der Waals surface area contributed by atoms with Gasteiger partial charge in [-0.05, 0) is 18.4 Å². The predicted molar refractivity (Wildman–Crippen MR) is 68.2 cm³/mol. The van der Waals surface area contributed by atoms with E-state index < -0.39 is 0 Å². The lowest BCUT2D eigenvalue weighted by molar-refractivity contribution is 0.0431. The van der Waals surface area contributed by atoms with Gasteiger partial charge in [0.25, 0.3) is 0 Å². The first-order valence-corrected chi connectivity index (χ1v) is 6.83. The highest BCUT2D eigenvalue weighted by Crippen LogP contribution is 2.13. The van der Waals surface area contributed by atoms with E-state index in [4.69, 9.17) is 4.74 Å². The molecule has 1 aliphatic rings. The zero-order chi connectivity index (χ0) is 12.1. The van der Waals surface area contributed by atoms with E-state index in [-0.39, 0.29) is 6.03 Å². The van der Waals surface area contributed by atoms with Crippen LogP contribution < -0.4 is 0 Å². The second-order valence-electron chi connectivity index (χ2n) is 3.98. The van der Waals surface area contributed by atoms with Crippen LogP contribution in [0.4, 0.5) is 4.79 Å². The molecule has 1 aliphatic heterocycles. The number of amides is 2. The average Bonchev–Trinajstić information content (AvgIpc) is 2.89. The number of morpholine rings is 1. The lowest BCUT2D eigenvalue weighted by Crippen LogP contribution is -2.47. The standard InChI is InChI=1S/C12H18N2O2S/c1-2-13(10-11-4-3-9-17-11)12(15)14-5-7-16-8-6-14/h3-4,9H,2,5-8,10H2,1H3. The van der Waals surface area contributed by atoms with Crippen LogP contribution in [0.15, 0.2) is 17.5 Å². The molecule has 0 saturated carbocycles. The molecule has 2 rings (SSSR count).